The molecule has 2 saturated carbocycles. The summed E-state index contributed by atoms with van der Waals surface area (Å²) in [7, 11) is 0. The van der Waals surface area contributed by atoms with Crippen molar-refractivity contribution >= 4 is 5.91 Å². The van der Waals surface area contributed by atoms with Crippen LogP contribution in [-0.4, -0.2) is 35.9 Å². The molecule has 2 aliphatic rings. The molecule has 0 bridgehead atoms. The van der Waals surface area contributed by atoms with Gasteiger partial charge in [-0.3, -0.25) is 4.79 Å². The Morgan fingerprint density at radius 1 is 1.24 bits per heavy atom. The minimum atomic E-state index is -0.392. The molecule has 4 nitrogen and oxygen atoms in total. The average molecular weight is 297 g/mol. The zero-order valence-corrected chi connectivity index (χ0v) is 13.6. The Balaban J connectivity index is 1.81. The van der Waals surface area contributed by atoms with Crippen molar-refractivity contribution in [3.05, 3.63) is 0 Å². The van der Waals surface area contributed by atoms with Gasteiger partial charge in [0, 0.05) is 11.5 Å². The summed E-state index contributed by atoms with van der Waals surface area (Å²) in [4.78, 5) is 12.3. The number of amides is 1. The molecule has 4 heteroatoms. The predicted molar refractivity (Wildman–Crippen MR) is 83.0 cm³/mol. The van der Waals surface area contributed by atoms with Gasteiger partial charge >= 0.3 is 0 Å². The standard InChI is InChI=1S/C17H31NO3/c1-13(21-14-8-5-3-4-6-9-14)16(20)18-15-10-7-11-17(15,2)12-19/h13-15,19H,3-12H2,1-2H3,(H,18,20). The van der Waals surface area contributed by atoms with E-state index in [0.29, 0.717) is 0 Å². The number of carbonyl (C=O) groups excluding carboxylic acids is 1. The summed E-state index contributed by atoms with van der Waals surface area (Å²) in [5, 5.41) is 12.7. The van der Waals surface area contributed by atoms with Gasteiger partial charge in [0.1, 0.15) is 6.10 Å². The molecule has 21 heavy (non-hydrogen) atoms. The Hall–Kier alpha value is -0.610. The number of rotatable bonds is 5. The van der Waals surface area contributed by atoms with Crippen LogP contribution in [0.4, 0.5) is 0 Å². The van der Waals surface area contributed by atoms with Crippen molar-refractivity contribution in [2.24, 2.45) is 5.41 Å². The van der Waals surface area contributed by atoms with Gasteiger partial charge in [-0.25, -0.2) is 0 Å². The van der Waals surface area contributed by atoms with E-state index < -0.39 is 6.10 Å². The topological polar surface area (TPSA) is 58.6 Å². The second kappa shape index (κ2) is 7.59. The summed E-state index contributed by atoms with van der Waals surface area (Å²) in [6.07, 6.45) is 10.0. The fourth-order valence-corrected chi connectivity index (χ4v) is 3.69. The highest BCUT2D eigenvalue weighted by Gasteiger charge is 2.39. The molecule has 122 valence electrons. The van der Waals surface area contributed by atoms with E-state index in [4.69, 9.17) is 4.74 Å². The van der Waals surface area contributed by atoms with Gasteiger partial charge in [0.2, 0.25) is 5.91 Å². The lowest BCUT2D eigenvalue weighted by atomic mass is 9.85. The second-order valence-electron chi connectivity index (χ2n) is 7.16. The van der Waals surface area contributed by atoms with Crippen LogP contribution in [-0.2, 0) is 9.53 Å². The van der Waals surface area contributed by atoms with Crippen LogP contribution >= 0.6 is 0 Å². The fraction of sp³-hybridized carbons (Fsp3) is 0.941. The Kier molecular flexibility index (Phi) is 6.06. The first-order chi connectivity index (χ1) is 10.0. The minimum Gasteiger partial charge on any atom is -0.396 e. The fourth-order valence-electron chi connectivity index (χ4n) is 3.69. The van der Waals surface area contributed by atoms with Crippen LogP contribution in [0, 0.1) is 5.41 Å². The van der Waals surface area contributed by atoms with E-state index in [1.54, 1.807) is 0 Å². The number of hydrogen-bond acceptors (Lipinski definition) is 3. The van der Waals surface area contributed by atoms with Crippen molar-refractivity contribution in [2.45, 2.75) is 89.9 Å². The van der Waals surface area contributed by atoms with Gasteiger partial charge in [0.25, 0.3) is 0 Å². The van der Waals surface area contributed by atoms with E-state index in [-0.39, 0.29) is 30.1 Å². The summed E-state index contributed by atoms with van der Waals surface area (Å²) in [5.41, 5.74) is -0.169. The lowest BCUT2D eigenvalue weighted by Gasteiger charge is -2.31. The van der Waals surface area contributed by atoms with Crippen molar-refractivity contribution in [2.75, 3.05) is 6.61 Å². The van der Waals surface area contributed by atoms with Crippen molar-refractivity contribution in [3.8, 4) is 0 Å². The number of aliphatic hydroxyl groups is 1. The third kappa shape index (κ3) is 4.43. The lowest BCUT2D eigenvalue weighted by Crippen LogP contribution is -2.48. The van der Waals surface area contributed by atoms with Gasteiger partial charge in [-0.05, 0) is 32.6 Å². The SMILES string of the molecule is CC(OC1CCCCCC1)C(=O)NC1CCCC1(C)CO. The number of aliphatic hydroxyl groups excluding tert-OH is 1. The van der Waals surface area contributed by atoms with E-state index in [1.807, 2.05) is 6.92 Å². The first kappa shape index (κ1) is 16.8. The minimum absolute atomic E-state index is 0.0224. The molecule has 2 fully saturated rings. The number of carbonyl (C=O) groups is 1. The first-order valence-corrected chi connectivity index (χ1v) is 8.62. The van der Waals surface area contributed by atoms with Crippen LogP contribution in [0.25, 0.3) is 0 Å². The summed E-state index contributed by atoms with van der Waals surface area (Å²) in [6.45, 7) is 4.04. The molecule has 0 aromatic heterocycles. The zero-order chi connectivity index (χ0) is 15.3. The molecule has 0 heterocycles. The lowest BCUT2D eigenvalue weighted by molar-refractivity contribution is -0.137. The molecule has 0 radical (unpaired) electrons. The highest BCUT2D eigenvalue weighted by atomic mass is 16.5. The van der Waals surface area contributed by atoms with Gasteiger partial charge in [0.15, 0.2) is 0 Å². The van der Waals surface area contributed by atoms with Crippen molar-refractivity contribution in [1.82, 2.24) is 5.32 Å². The molecule has 0 saturated heterocycles. The van der Waals surface area contributed by atoms with E-state index in [1.165, 1.54) is 25.7 Å². The third-order valence-electron chi connectivity index (χ3n) is 5.33. The summed E-state index contributed by atoms with van der Waals surface area (Å²) >= 11 is 0. The molecule has 0 aromatic carbocycles. The van der Waals surface area contributed by atoms with Crippen molar-refractivity contribution in [3.63, 3.8) is 0 Å². The predicted octanol–water partition coefficient (Wildman–Crippen LogP) is 2.78. The average Bonchev–Trinajstić information content (AvgIpc) is 2.67. The van der Waals surface area contributed by atoms with Gasteiger partial charge in [-0.15, -0.1) is 0 Å². The maximum Gasteiger partial charge on any atom is 0.249 e. The smallest absolute Gasteiger partial charge is 0.249 e. The van der Waals surface area contributed by atoms with Crippen LogP contribution < -0.4 is 5.32 Å². The molecule has 0 aromatic rings. The van der Waals surface area contributed by atoms with Gasteiger partial charge < -0.3 is 15.2 Å². The highest BCUT2D eigenvalue weighted by Crippen LogP contribution is 2.37. The van der Waals surface area contributed by atoms with Gasteiger partial charge in [-0.1, -0.05) is 39.0 Å². The van der Waals surface area contributed by atoms with Crippen molar-refractivity contribution in [1.29, 1.82) is 0 Å². The molecule has 0 aliphatic heterocycles. The Morgan fingerprint density at radius 3 is 2.52 bits per heavy atom. The Labute approximate surface area is 128 Å². The van der Waals surface area contributed by atoms with E-state index in [2.05, 4.69) is 12.2 Å². The largest absolute Gasteiger partial charge is 0.396 e. The molecular formula is C17H31NO3. The first-order valence-electron chi connectivity index (χ1n) is 8.62. The van der Waals surface area contributed by atoms with Crippen LogP contribution in [0.3, 0.4) is 0 Å². The maximum absolute atomic E-state index is 12.3. The molecule has 2 N–H and O–H groups in total. The molecular weight excluding hydrogens is 266 g/mol. The number of ether oxygens (including phenoxy) is 1. The zero-order valence-electron chi connectivity index (χ0n) is 13.6. The summed E-state index contributed by atoms with van der Waals surface area (Å²) in [6, 6.07) is 0.0789. The highest BCUT2D eigenvalue weighted by molar-refractivity contribution is 5.80. The number of hydrogen-bond donors (Lipinski definition) is 2. The quantitative estimate of drug-likeness (QED) is 0.767. The molecule has 2 aliphatic carbocycles. The van der Waals surface area contributed by atoms with Crippen molar-refractivity contribution < 1.29 is 14.6 Å². The molecule has 3 atom stereocenters. The van der Waals surface area contributed by atoms with Gasteiger partial charge in [0.05, 0.1) is 12.7 Å². The van der Waals surface area contributed by atoms with Crippen LogP contribution in [0.15, 0.2) is 0 Å². The van der Waals surface area contributed by atoms with Crippen LogP contribution in [0.5, 0.6) is 0 Å². The Morgan fingerprint density at radius 2 is 1.90 bits per heavy atom. The molecule has 3 unspecified atom stereocenters. The van der Waals surface area contributed by atoms with Crippen LogP contribution in [0.2, 0.25) is 0 Å². The van der Waals surface area contributed by atoms with Gasteiger partial charge in [-0.2, -0.15) is 0 Å². The van der Waals surface area contributed by atoms with E-state index in [0.717, 1.165) is 32.1 Å². The monoisotopic (exact) mass is 297 g/mol. The summed E-state index contributed by atoms with van der Waals surface area (Å²) < 4.78 is 5.97. The Bertz CT molecular complexity index is 339. The molecule has 0 spiro atoms. The molecule has 1 amide bonds. The third-order valence-corrected chi connectivity index (χ3v) is 5.33. The second-order valence-corrected chi connectivity index (χ2v) is 7.16. The molecule has 2 rings (SSSR count). The van der Waals surface area contributed by atoms with E-state index in [9.17, 15) is 9.90 Å². The van der Waals surface area contributed by atoms with E-state index >= 15 is 0 Å². The van der Waals surface area contributed by atoms with Crippen LogP contribution in [0.1, 0.15) is 71.6 Å². The maximum atomic E-state index is 12.3. The summed E-state index contributed by atoms with van der Waals surface area (Å²) in [5.74, 6) is -0.0224. The normalized spacial score (nSPS) is 32.6. The number of nitrogens with one attached hydrogen (secondary N) is 1.